The van der Waals surface area contributed by atoms with Gasteiger partial charge in [-0.3, -0.25) is 9.69 Å². The molecule has 2 aromatic carbocycles. The van der Waals surface area contributed by atoms with E-state index < -0.39 is 0 Å². The Labute approximate surface area is 171 Å². The predicted octanol–water partition coefficient (Wildman–Crippen LogP) is 3.41. The van der Waals surface area contributed by atoms with Crippen LogP contribution in [0.5, 0.6) is 11.5 Å². The normalized spacial score (nSPS) is 17.0. The molecule has 0 aromatic heterocycles. The van der Waals surface area contributed by atoms with E-state index in [0.717, 1.165) is 50.0 Å². The number of rotatable bonds is 8. The first-order valence-corrected chi connectivity index (χ1v) is 10.0. The molecule has 1 atom stereocenters. The summed E-state index contributed by atoms with van der Waals surface area (Å²) < 4.78 is 23.7. The van der Waals surface area contributed by atoms with Gasteiger partial charge in [0.1, 0.15) is 5.82 Å². The Morgan fingerprint density at radius 3 is 2.55 bits per heavy atom. The van der Waals surface area contributed by atoms with Gasteiger partial charge >= 0.3 is 0 Å². The third-order valence-corrected chi connectivity index (χ3v) is 5.36. The molecule has 29 heavy (non-hydrogen) atoms. The van der Waals surface area contributed by atoms with Gasteiger partial charge in [-0.05, 0) is 61.2 Å². The van der Waals surface area contributed by atoms with Crippen molar-refractivity contribution in [2.45, 2.75) is 25.8 Å². The molecule has 0 aliphatic carbocycles. The number of carbonyl (C=O) groups excluding carboxylic acids is 1. The number of nitrogens with zero attached hydrogens (tertiary/aromatic N) is 1. The molecule has 1 aliphatic heterocycles. The molecule has 1 N–H and O–H groups in total. The van der Waals surface area contributed by atoms with Gasteiger partial charge in [0.25, 0.3) is 0 Å². The van der Waals surface area contributed by atoms with Crippen LogP contribution in [0.25, 0.3) is 0 Å². The Morgan fingerprint density at radius 2 is 1.83 bits per heavy atom. The molecule has 5 nitrogen and oxygen atoms in total. The second-order valence-electron chi connectivity index (χ2n) is 7.43. The van der Waals surface area contributed by atoms with Crippen LogP contribution in [0, 0.1) is 11.7 Å². The summed E-state index contributed by atoms with van der Waals surface area (Å²) in [6.45, 7) is 3.03. The van der Waals surface area contributed by atoms with E-state index in [0.29, 0.717) is 18.0 Å². The van der Waals surface area contributed by atoms with Crippen molar-refractivity contribution in [2.75, 3.05) is 33.9 Å². The van der Waals surface area contributed by atoms with Crippen LogP contribution in [0.15, 0.2) is 42.5 Å². The largest absolute Gasteiger partial charge is 0.493 e. The summed E-state index contributed by atoms with van der Waals surface area (Å²) in [5.41, 5.74) is 2.16. The van der Waals surface area contributed by atoms with Gasteiger partial charge in [0.2, 0.25) is 5.91 Å². The van der Waals surface area contributed by atoms with E-state index in [4.69, 9.17) is 9.47 Å². The van der Waals surface area contributed by atoms with Crippen LogP contribution < -0.4 is 14.8 Å². The van der Waals surface area contributed by atoms with E-state index >= 15 is 0 Å². The highest BCUT2D eigenvalue weighted by Gasteiger charge is 2.25. The zero-order valence-electron chi connectivity index (χ0n) is 17.1. The lowest BCUT2D eigenvalue weighted by Crippen LogP contribution is -2.43. The van der Waals surface area contributed by atoms with Gasteiger partial charge < -0.3 is 14.8 Å². The summed E-state index contributed by atoms with van der Waals surface area (Å²) in [6, 6.07) is 12.4. The molecule has 1 amide bonds. The highest BCUT2D eigenvalue weighted by atomic mass is 19.1. The molecular weight excluding hydrogens is 371 g/mol. The first-order valence-electron chi connectivity index (χ1n) is 10.0. The quantitative estimate of drug-likeness (QED) is 0.738. The van der Waals surface area contributed by atoms with Crippen molar-refractivity contribution in [3.05, 3.63) is 59.4 Å². The van der Waals surface area contributed by atoms with Crippen LogP contribution >= 0.6 is 0 Å². The molecule has 1 aliphatic rings. The molecule has 1 saturated heterocycles. The van der Waals surface area contributed by atoms with Crippen molar-refractivity contribution in [3.8, 4) is 11.5 Å². The molecule has 2 aromatic rings. The molecule has 0 radical (unpaired) electrons. The Balaban J connectivity index is 1.47. The fraction of sp³-hybridized carbons (Fsp3) is 0.435. The maximum Gasteiger partial charge on any atom is 0.224 e. The topological polar surface area (TPSA) is 50.8 Å². The lowest BCUT2D eigenvalue weighted by atomic mass is 9.96. The average Bonchev–Trinajstić information content (AvgIpc) is 2.75. The number of methoxy groups -OCH3 is 2. The Morgan fingerprint density at radius 1 is 1.10 bits per heavy atom. The maximum atomic E-state index is 13.1. The summed E-state index contributed by atoms with van der Waals surface area (Å²) in [4.78, 5) is 14.9. The zero-order valence-corrected chi connectivity index (χ0v) is 17.1. The molecule has 6 heteroatoms. The SMILES string of the molecule is COc1ccc(CCNC(=O)C2CCCN(Cc3ccc(F)cc3)C2)cc1OC. The molecule has 1 fully saturated rings. The number of halogens is 1. The minimum atomic E-state index is -0.223. The Hall–Kier alpha value is -2.60. The van der Waals surface area contributed by atoms with Crippen LogP contribution in [-0.4, -0.2) is 44.7 Å². The third kappa shape index (κ3) is 5.94. The predicted molar refractivity (Wildman–Crippen MR) is 111 cm³/mol. The average molecular weight is 400 g/mol. The number of hydrogen-bond acceptors (Lipinski definition) is 4. The lowest BCUT2D eigenvalue weighted by Gasteiger charge is -2.32. The van der Waals surface area contributed by atoms with Crippen molar-refractivity contribution in [2.24, 2.45) is 5.92 Å². The number of benzene rings is 2. The molecule has 0 bridgehead atoms. The number of amides is 1. The second kappa shape index (κ2) is 10.3. The standard InChI is InChI=1S/C23H29FN2O3/c1-28-21-10-7-17(14-22(21)29-2)11-12-25-23(27)19-4-3-13-26(16-19)15-18-5-8-20(24)9-6-18/h5-10,14,19H,3-4,11-13,15-16H2,1-2H3,(H,25,27). The highest BCUT2D eigenvalue weighted by molar-refractivity contribution is 5.79. The molecule has 1 unspecified atom stereocenters. The minimum Gasteiger partial charge on any atom is -0.493 e. The molecule has 156 valence electrons. The van der Waals surface area contributed by atoms with Crippen LogP contribution in [0.3, 0.4) is 0 Å². The van der Waals surface area contributed by atoms with Gasteiger partial charge in [-0.1, -0.05) is 18.2 Å². The van der Waals surface area contributed by atoms with Gasteiger partial charge in [0.05, 0.1) is 20.1 Å². The van der Waals surface area contributed by atoms with E-state index in [1.54, 1.807) is 14.2 Å². The molecule has 0 saturated carbocycles. The number of hydrogen-bond donors (Lipinski definition) is 1. The first kappa shape index (κ1) is 21.1. The smallest absolute Gasteiger partial charge is 0.224 e. The van der Waals surface area contributed by atoms with E-state index in [1.165, 1.54) is 12.1 Å². The Kier molecular flexibility index (Phi) is 7.47. The van der Waals surface area contributed by atoms with E-state index in [1.807, 2.05) is 30.3 Å². The van der Waals surface area contributed by atoms with Crippen molar-refractivity contribution in [3.63, 3.8) is 0 Å². The monoisotopic (exact) mass is 400 g/mol. The number of ether oxygens (including phenoxy) is 2. The van der Waals surface area contributed by atoms with Crippen molar-refractivity contribution >= 4 is 5.91 Å². The van der Waals surface area contributed by atoms with Crippen molar-refractivity contribution in [1.29, 1.82) is 0 Å². The molecule has 1 heterocycles. The summed E-state index contributed by atoms with van der Waals surface area (Å²) in [7, 11) is 3.23. The summed E-state index contributed by atoms with van der Waals surface area (Å²) >= 11 is 0. The van der Waals surface area contributed by atoms with E-state index in [2.05, 4.69) is 10.2 Å². The third-order valence-electron chi connectivity index (χ3n) is 5.36. The molecule has 3 rings (SSSR count). The fourth-order valence-corrected chi connectivity index (χ4v) is 3.77. The van der Waals surface area contributed by atoms with Gasteiger partial charge in [-0.25, -0.2) is 4.39 Å². The number of carbonyl (C=O) groups is 1. The lowest BCUT2D eigenvalue weighted by molar-refractivity contribution is -0.126. The number of likely N-dealkylation sites (tertiary alicyclic amines) is 1. The van der Waals surface area contributed by atoms with Crippen LogP contribution in [0.2, 0.25) is 0 Å². The Bertz CT molecular complexity index is 810. The second-order valence-corrected chi connectivity index (χ2v) is 7.43. The zero-order chi connectivity index (χ0) is 20.6. The molecular formula is C23H29FN2O3. The highest BCUT2D eigenvalue weighted by Crippen LogP contribution is 2.27. The summed E-state index contributed by atoms with van der Waals surface area (Å²) in [5.74, 6) is 1.27. The van der Waals surface area contributed by atoms with E-state index in [-0.39, 0.29) is 17.6 Å². The maximum absolute atomic E-state index is 13.1. The van der Waals surface area contributed by atoms with Crippen LogP contribution in [0.1, 0.15) is 24.0 Å². The first-order chi connectivity index (χ1) is 14.1. The van der Waals surface area contributed by atoms with Crippen molar-refractivity contribution in [1.82, 2.24) is 10.2 Å². The minimum absolute atomic E-state index is 0.00500. The van der Waals surface area contributed by atoms with Gasteiger partial charge in [-0.15, -0.1) is 0 Å². The van der Waals surface area contributed by atoms with Gasteiger partial charge in [-0.2, -0.15) is 0 Å². The van der Waals surface area contributed by atoms with Crippen molar-refractivity contribution < 1.29 is 18.7 Å². The number of nitrogens with one attached hydrogen (secondary N) is 1. The van der Waals surface area contributed by atoms with Gasteiger partial charge in [0, 0.05) is 19.6 Å². The van der Waals surface area contributed by atoms with Crippen LogP contribution in [0.4, 0.5) is 4.39 Å². The number of piperidine rings is 1. The van der Waals surface area contributed by atoms with Gasteiger partial charge in [0.15, 0.2) is 11.5 Å². The summed E-state index contributed by atoms with van der Waals surface area (Å²) in [5, 5.41) is 3.07. The van der Waals surface area contributed by atoms with E-state index in [9.17, 15) is 9.18 Å². The van der Waals surface area contributed by atoms with Crippen LogP contribution in [-0.2, 0) is 17.8 Å². The molecule has 0 spiro atoms. The summed E-state index contributed by atoms with van der Waals surface area (Å²) in [6.07, 6.45) is 2.63. The fourth-order valence-electron chi connectivity index (χ4n) is 3.77.